The van der Waals surface area contributed by atoms with Gasteiger partial charge in [0.15, 0.2) is 6.04 Å². The van der Waals surface area contributed by atoms with Crippen molar-refractivity contribution in [3.63, 3.8) is 0 Å². The van der Waals surface area contributed by atoms with Crippen molar-refractivity contribution in [3.8, 4) is 0 Å². The van der Waals surface area contributed by atoms with Crippen LogP contribution >= 0.6 is 11.8 Å². The smallest absolute Gasteiger partial charge is 0.329 e. The minimum absolute atomic E-state index is 0.190. The summed E-state index contributed by atoms with van der Waals surface area (Å²) in [6, 6.07) is 31.5. The fourth-order valence-electron chi connectivity index (χ4n) is 6.83. The second kappa shape index (κ2) is 11.7. The molecule has 1 unspecified atom stereocenters. The molecule has 222 valence electrons. The maximum Gasteiger partial charge on any atom is 0.329 e. The van der Waals surface area contributed by atoms with Crippen LogP contribution in [0.5, 0.6) is 0 Å². The van der Waals surface area contributed by atoms with E-state index < -0.39 is 24.1 Å². The molecule has 44 heavy (non-hydrogen) atoms. The Morgan fingerprint density at radius 2 is 1.34 bits per heavy atom. The molecule has 0 radical (unpaired) electrons. The van der Waals surface area contributed by atoms with Gasteiger partial charge in [0.2, 0.25) is 0 Å². The summed E-state index contributed by atoms with van der Waals surface area (Å²) in [4.78, 5) is 50.0. The summed E-state index contributed by atoms with van der Waals surface area (Å²) in [5, 5.41) is 10.7. The Balaban J connectivity index is 1.28. The van der Waals surface area contributed by atoms with E-state index in [4.69, 9.17) is 0 Å². The maximum atomic E-state index is 14.8. The molecule has 4 amide bonds. The van der Waals surface area contributed by atoms with Crippen molar-refractivity contribution >= 4 is 52.5 Å². The molecule has 3 aliphatic heterocycles. The van der Waals surface area contributed by atoms with E-state index in [1.165, 1.54) is 4.90 Å². The van der Waals surface area contributed by atoms with Crippen molar-refractivity contribution in [2.45, 2.75) is 48.0 Å². The van der Waals surface area contributed by atoms with Crippen LogP contribution in [-0.4, -0.2) is 57.6 Å². The fourth-order valence-corrected chi connectivity index (χ4v) is 7.86. The van der Waals surface area contributed by atoms with E-state index in [1.807, 2.05) is 109 Å². The summed E-state index contributed by atoms with van der Waals surface area (Å²) < 4.78 is 0. The van der Waals surface area contributed by atoms with Gasteiger partial charge in [-0.3, -0.25) is 9.80 Å². The number of likely N-dealkylation sites (tertiary alicyclic amines) is 1. The van der Waals surface area contributed by atoms with E-state index in [2.05, 4.69) is 0 Å². The van der Waals surface area contributed by atoms with Crippen LogP contribution < -0.4 is 9.80 Å². The first kappa shape index (κ1) is 28.0. The van der Waals surface area contributed by atoms with Gasteiger partial charge in [0.25, 0.3) is 0 Å². The van der Waals surface area contributed by atoms with E-state index in [-0.39, 0.29) is 18.6 Å². The summed E-state index contributed by atoms with van der Waals surface area (Å²) in [7, 11) is 0. The molecule has 2 fully saturated rings. The van der Waals surface area contributed by atoms with Crippen molar-refractivity contribution in [1.29, 1.82) is 0 Å². The molecule has 0 aromatic heterocycles. The van der Waals surface area contributed by atoms with Gasteiger partial charge >= 0.3 is 18.0 Å². The van der Waals surface area contributed by atoms with Crippen LogP contribution in [0, 0.1) is 0 Å². The molecular weight excluding hydrogens is 572 g/mol. The lowest BCUT2D eigenvalue weighted by atomic mass is 10.0. The number of carboxylic acid groups (broad SMARTS) is 1. The molecule has 3 aliphatic rings. The van der Waals surface area contributed by atoms with Gasteiger partial charge in [-0.1, -0.05) is 66.7 Å². The average molecular weight is 605 g/mol. The normalized spacial score (nSPS) is 20.6. The summed E-state index contributed by atoms with van der Waals surface area (Å²) in [6.07, 6.45) is 1.68. The van der Waals surface area contributed by atoms with Gasteiger partial charge in [0.1, 0.15) is 0 Å². The second-order valence-corrected chi connectivity index (χ2v) is 12.3. The van der Waals surface area contributed by atoms with Crippen LogP contribution in [0.3, 0.4) is 0 Å². The van der Waals surface area contributed by atoms with Crippen LogP contribution in [0.1, 0.15) is 24.8 Å². The van der Waals surface area contributed by atoms with E-state index in [9.17, 15) is 19.5 Å². The first-order valence-corrected chi connectivity index (χ1v) is 15.9. The minimum Gasteiger partial charge on any atom is -0.480 e. The summed E-state index contributed by atoms with van der Waals surface area (Å²) in [5.74, 6) is -0.393. The predicted octanol–water partition coefficient (Wildman–Crippen LogP) is 7.50. The largest absolute Gasteiger partial charge is 0.480 e. The highest BCUT2D eigenvalue weighted by molar-refractivity contribution is 7.98. The number of urea groups is 2. The van der Waals surface area contributed by atoms with Crippen LogP contribution in [0.2, 0.25) is 0 Å². The highest BCUT2D eigenvalue weighted by atomic mass is 32.2. The van der Waals surface area contributed by atoms with Gasteiger partial charge in [-0.05, 0) is 67.3 Å². The van der Waals surface area contributed by atoms with Gasteiger partial charge in [-0.2, -0.15) is 0 Å². The number of aliphatic carboxylic acids is 1. The van der Waals surface area contributed by atoms with Gasteiger partial charge in [-0.25, -0.2) is 14.4 Å². The first-order chi connectivity index (χ1) is 21.5. The number of thioether (sulfide) groups is 1. The number of benzene rings is 4. The molecular formula is C35H32N4O4S. The van der Waals surface area contributed by atoms with Crippen molar-refractivity contribution in [1.82, 2.24) is 9.80 Å². The predicted molar refractivity (Wildman–Crippen MR) is 172 cm³/mol. The lowest BCUT2D eigenvalue weighted by Gasteiger charge is -2.39. The molecule has 0 saturated carbocycles. The van der Waals surface area contributed by atoms with E-state index in [0.717, 1.165) is 27.6 Å². The number of anilines is 4. The highest BCUT2D eigenvalue weighted by Gasteiger charge is 2.52. The van der Waals surface area contributed by atoms with E-state index >= 15 is 0 Å². The standard InChI is InChI=1S/C35H32N4O4S/c40-33(41)32-30-20-19-27(21-22-36(32)34(42)37(25-12-3-1-4-13-25)26-14-5-2-6-15-26)38(30)35(43)39-28-16-8-7-11-24(28)23-44-31-18-10-9-17-29(31)39/h1-18,27,30,32H,19-23H2,(H,40,41)/t27?,30-,32+/m1/s1. The molecule has 7 rings (SSSR count). The van der Waals surface area contributed by atoms with Gasteiger partial charge in [0.05, 0.1) is 28.8 Å². The number of fused-ring (bicyclic) bond motifs is 4. The number of hydrogen-bond donors (Lipinski definition) is 1. The Labute approximate surface area is 260 Å². The Morgan fingerprint density at radius 3 is 2.02 bits per heavy atom. The second-order valence-electron chi connectivity index (χ2n) is 11.3. The topological polar surface area (TPSA) is 84.4 Å². The SMILES string of the molecule is O=C(O)[C@@H]1[C@H]2CCC(CCN1C(=O)N(c1ccccc1)c1ccccc1)N2C(=O)N1c2ccccc2CSc2ccccc21. The number of amides is 4. The van der Waals surface area contributed by atoms with Crippen molar-refractivity contribution < 1.29 is 19.5 Å². The average Bonchev–Trinajstić information content (AvgIpc) is 3.28. The van der Waals surface area contributed by atoms with Gasteiger partial charge in [0, 0.05) is 23.2 Å². The number of para-hydroxylation sites is 4. The summed E-state index contributed by atoms with van der Waals surface area (Å²) >= 11 is 1.69. The molecule has 1 N–H and O–H groups in total. The zero-order chi connectivity index (χ0) is 30.2. The molecule has 3 atom stereocenters. The van der Waals surface area contributed by atoms with Gasteiger partial charge < -0.3 is 14.9 Å². The molecule has 0 aliphatic carbocycles. The van der Waals surface area contributed by atoms with E-state index in [0.29, 0.717) is 30.6 Å². The van der Waals surface area contributed by atoms with Crippen LogP contribution in [0.25, 0.3) is 0 Å². The van der Waals surface area contributed by atoms with Crippen molar-refractivity contribution in [2.24, 2.45) is 0 Å². The van der Waals surface area contributed by atoms with Crippen molar-refractivity contribution in [2.75, 3.05) is 16.3 Å². The zero-order valence-electron chi connectivity index (χ0n) is 24.0. The number of carbonyl (C=O) groups is 3. The molecule has 8 nitrogen and oxygen atoms in total. The Hall–Kier alpha value is -4.76. The zero-order valence-corrected chi connectivity index (χ0v) is 24.8. The Bertz CT molecular complexity index is 1610. The third-order valence-electron chi connectivity index (χ3n) is 8.80. The number of nitrogens with zero attached hydrogens (tertiary/aromatic N) is 4. The first-order valence-electron chi connectivity index (χ1n) is 14.9. The molecule has 2 bridgehead atoms. The molecule has 9 heteroatoms. The van der Waals surface area contributed by atoms with Crippen LogP contribution in [0.15, 0.2) is 114 Å². The summed E-state index contributed by atoms with van der Waals surface area (Å²) in [5.41, 5.74) is 3.92. The lowest BCUT2D eigenvalue weighted by Crippen LogP contribution is -2.58. The maximum absolute atomic E-state index is 14.8. The third kappa shape index (κ3) is 4.87. The molecule has 0 spiro atoms. The highest BCUT2D eigenvalue weighted by Crippen LogP contribution is 2.45. The Morgan fingerprint density at radius 1 is 0.727 bits per heavy atom. The van der Waals surface area contributed by atoms with Gasteiger partial charge in [-0.15, -0.1) is 11.8 Å². The van der Waals surface area contributed by atoms with Crippen LogP contribution in [-0.2, 0) is 10.5 Å². The number of hydrogen-bond acceptors (Lipinski definition) is 4. The monoisotopic (exact) mass is 604 g/mol. The fraction of sp³-hybridized carbons (Fsp3) is 0.229. The van der Waals surface area contributed by atoms with Crippen LogP contribution in [0.4, 0.5) is 32.3 Å². The molecule has 3 heterocycles. The van der Waals surface area contributed by atoms with Crippen molar-refractivity contribution in [3.05, 3.63) is 115 Å². The lowest BCUT2D eigenvalue weighted by molar-refractivity contribution is -0.143. The van der Waals surface area contributed by atoms with E-state index in [1.54, 1.807) is 26.5 Å². The minimum atomic E-state index is -1.21. The number of carbonyl (C=O) groups excluding carboxylic acids is 2. The molecule has 2 saturated heterocycles. The molecule has 4 aromatic carbocycles. The third-order valence-corrected chi connectivity index (χ3v) is 9.91. The number of rotatable bonds is 3. The summed E-state index contributed by atoms with van der Waals surface area (Å²) in [6.45, 7) is 0.222. The quantitative estimate of drug-likeness (QED) is 0.262. The molecule has 4 aromatic rings. The Kier molecular flexibility index (Phi) is 7.47. The number of carboxylic acids is 1.